The molecule has 1 spiro atoms. The summed E-state index contributed by atoms with van der Waals surface area (Å²) in [4.78, 5) is 15.1. The lowest BCUT2D eigenvalue weighted by Crippen LogP contribution is -2.61. The summed E-state index contributed by atoms with van der Waals surface area (Å²) in [6.45, 7) is 4.10. The standard InChI is InChI=1S/C14H18N2OS.ClH/c17-13(4-3-12-2-1-9-18-12)16-10-14(11-16)5-7-15-8-6-14;/h1-4,9,15H,5-8,10-11H2;1H/b4-3+;. The van der Waals surface area contributed by atoms with Crippen molar-refractivity contribution >= 4 is 35.7 Å². The van der Waals surface area contributed by atoms with E-state index in [4.69, 9.17) is 0 Å². The molecule has 3 nitrogen and oxygen atoms in total. The molecule has 1 aromatic rings. The zero-order valence-corrected chi connectivity index (χ0v) is 12.4. The highest BCUT2D eigenvalue weighted by atomic mass is 35.5. The Labute approximate surface area is 124 Å². The van der Waals surface area contributed by atoms with Crippen molar-refractivity contribution in [3.05, 3.63) is 28.5 Å². The topological polar surface area (TPSA) is 32.3 Å². The highest BCUT2D eigenvalue weighted by molar-refractivity contribution is 7.10. The molecule has 1 aromatic heterocycles. The van der Waals surface area contributed by atoms with E-state index in [1.807, 2.05) is 28.5 Å². The number of thiophene rings is 1. The summed E-state index contributed by atoms with van der Waals surface area (Å²) in [5.41, 5.74) is 0.428. The molecule has 0 bridgehead atoms. The third kappa shape index (κ3) is 3.19. The van der Waals surface area contributed by atoms with E-state index in [9.17, 15) is 4.79 Å². The van der Waals surface area contributed by atoms with Crippen molar-refractivity contribution in [1.82, 2.24) is 10.2 Å². The van der Waals surface area contributed by atoms with Crippen molar-refractivity contribution in [3.63, 3.8) is 0 Å². The molecule has 2 saturated heterocycles. The second-order valence-corrected chi connectivity index (χ2v) is 6.27. The zero-order valence-electron chi connectivity index (χ0n) is 10.8. The minimum absolute atomic E-state index is 0. The first-order valence-corrected chi connectivity index (χ1v) is 7.37. The summed E-state index contributed by atoms with van der Waals surface area (Å²) in [7, 11) is 0. The van der Waals surface area contributed by atoms with Gasteiger partial charge in [0.25, 0.3) is 0 Å². The number of hydrogen-bond donors (Lipinski definition) is 1. The molecule has 0 atom stereocenters. The lowest BCUT2D eigenvalue weighted by atomic mass is 9.72. The summed E-state index contributed by atoms with van der Waals surface area (Å²) < 4.78 is 0. The van der Waals surface area contributed by atoms with Crippen LogP contribution >= 0.6 is 23.7 Å². The minimum atomic E-state index is 0. The second kappa shape index (κ2) is 6.07. The van der Waals surface area contributed by atoms with Crippen LogP contribution in [0.25, 0.3) is 6.08 Å². The largest absolute Gasteiger partial charge is 0.338 e. The fourth-order valence-corrected chi connectivity index (χ4v) is 3.46. The van der Waals surface area contributed by atoms with Crippen LogP contribution in [0.2, 0.25) is 0 Å². The molecule has 19 heavy (non-hydrogen) atoms. The molecule has 1 amide bonds. The highest BCUT2D eigenvalue weighted by Gasteiger charge is 2.44. The van der Waals surface area contributed by atoms with Crippen LogP contribution in [0.1, 0.15) is 17.7 Å². The van der Waals surface area contributed by atoms with Crippen molar-refractivity contribution in [1.29, 1.82) is 0 Å². The third-order valence-corrected chi connectivity index (χ3v) is 4.80. The van der Waals surface area contributed by atoms with Crippen molar-refractivity contribution in [2.24, 2.45) is 5.41 Å². The predicted octanol–water partition coefficient (Wildman–Crippen LogP) is 2.40. The summed E-state index contributed by atoms with van der Waals surface area (Å²) in [5.74, 6) is 0.160. The molecular formula is C14H19ClN2OS. The van der Waals surface area contributed by atoms with Crippen LogP contribution in [-0.2, 0) is 4.79 Å². The van der Waals surface area contributed by atoms with E-state index < -0.39 is 0 Å². The molecule has 5 heteroatoms. The van der Waals surface area contributed by atoms with E-state index in [0.717, 1.165) is 31.1 Å². The fourth-order valence-electron chi connectivity index (χ4n) is 2.84. The lowest BCUT2D eigenvalue weighted by molar-refractivity contribution is -0.139. The molecule has 3 heterocycles. The molecule has 0 radical (unpaired) electrons. The molecule has 104 valence electrons. The van der Waals surface area contributed by atoms with Gasteiger partial charge < -0.3 is 10.2 Å². The van der Waals surface area contributed by atoms with Gasteiger partial charge in [-0.15, -0.1) is 23.7 Å². The van der Waals surface area contributed by atoms with Crippen LogP contribution in [-0.4, -0.2) is 37.0 Å². The maximum Gasteiger partial charge on any atom is 0.246 e. The maximum atomic E-state index is 12.0. The molecule has 3 rings (SSSR count). The van der Waals surface area contributed by atoms with Gasteiger partial charge in [0.1, 0.15) is 0 Å². The Balaban J connectivity index is 0.00000133. The van der Waals surface area contributed by atoms with Gasteiger partial charge >= 0.3 is 0 Å². The highest BCUT2D eigenvalue weighted by Crippen LogP contribution is 2.38. The predicted molar refractivity (Wildman–Crippen MR) is 81.7 cm³/mol. The van der Waals surface area contributed by atoms with Crippen LogP contribution in [0.3, 0.4) is 0 Å². The van der Waals surface area contributed by atoms with Crippen molar-refractivity contribution in [3.8, 4) is 0 Å². The van der Waals surface area contributed by atoms with Crippen molar-refractivity contribution < 1.29 is 4.79 Å². The Bertz CT molecular complexity index is 444. The number of nitrogens with one attached hydrogen (secondary N) is 1. The first kappa shape index (κ1) is 14.6. The summed E-state index contributed by atoms with van der Waals surface area (Å²) in [6, 6.07) is 4.03. The SMILES string of the molecule is Cl.O=C(/C=C/c1cccs1)N1CC2(CCNCC2)C1. The first-order chi connectivity index (χ1) is 8.77. The third-order valence-electron chi connectivity index (χ3n) is 3.96. The molecular weight excluding hydrogens is 280 g/mol. The van der Waals surface area contributed by atoms with Gasteiger partial charge in [-0.25, -0.2) is 0 Å². The summed E-state index contributed by atoms with van der Waals surface area (Å²) in [6.07, 6.45) is 6.05. The maximum absolute atomic E-state index is 12.0. The van der Waals surface area contributed by atoms with Gasteiger partial charge in [-0.05, 0) is 43.5 Å². The van der Waals surface area contributed by atoms with Crippen LogP contribution in [0.15, 0.2) is 23.6 Å². The van der Waals surface area contributed by atoms with E-state index in [0.29, 0.717) is 5.41 Å². The Kier molecular flexibility index (Phi) is 4.66. The Morgan fingerprint density at radius 2 is 2.11 bits per heavy atom. The first-order valence-electron chi connectivity index (χ1n) is 6.49. The molecule has 1 N–H and O–H groups in total. The Morgan fingerprint density at radius 3 is 2.74 bits per heavy atom. The fraction of sp³-hybridized carbons (Fsp3) is 0.500. The molecule has 0 saturated carbocycles. The van der Waals surface area contributed by atoms with Crippen molar-refractivity contribution in [2.75, 3.05) is 26.2 Å². The number of carbonyl (C=O) groups excluding carboxylic acids is 1. The van der Waals surface area contributed by atoms with E-state index in [1.165, 1.54) is 12.8 Å². The van der Waals surface area contributed by atoms with Gasteiger partial charge in [-0.3, -0.25) is 4.79 Å². The summed E-state index contributed by atoms with van der Waals surface area (Å²) >= 11 is 1.66. The molecule has 0 aliphatic carbocycles. The average molecular weight is 299 g/mol. The van der Waals surface area contributed by atoms with Gasteiger partial charge in [0, 0.05) is 29.5 Å². The number of likely N-dealkylation sites (tertiary alicyclic amines) is 1. The van der Waals surface area contributed by atoms with Gasteiger partial charge in [0.2, 0.25) is 5.91 Å². The number of amides is 1. The second-order valence-electron chi connectivity index (χ2n) is 5.29. The van der Waals surface area contributed by atoms with Gasteiger partial charge in [0.05, 0.1) is 0 Å². The van der Waals surface area contributed by atoms with Gasteiger partial charge in [-0.1, -0.05) is 6.07 Å². The number of piperidine rings is 1. The van der Waals surface area contributed by atoms with E-state index in [2.05, 4.69) is 5.32 Å². The molecule has 2 fully saturated rings. The molecule has 2 aliphatic rings. The van der Waals surface area contributed by atoms with E-state index >= 15 is 0 Å². The van der Waals surface area contributed by atoms with Crippen molar-refractivity contribution in [2.45, 2.75) is 12.8 Å². The molecule has 0 unspecified atom stereocenters. The Hall–Kier alpha value is -0.840. The number of rotatable bonds is 2. The Morgan fingerprint density at radius 1 is 1.37 bits per heavy atom. The lowest BCUT2D eigenvalue weighted by Gasteiger charge is -2.52. The van der Waals surface area contributed by atoms with E-state index in [-0.39, 0.29) is 18.3 Å². The quantitative estimate of drug-likeness (QED) is 0.850. The summed E-state index contributed by atoms with van der Waals surface area (Å²) in [5, 5.41) is 5.41. The average Bonchev–Trinajstić information content (AvgIpc) is 2.87. The normalized spacial score (nSPS) is 21.2. The van der Waals surface area contributed by atoms with Gasteiger partial charge in [-0.2, -0.15) is 0 Å². The van der Waals surface area contributed by atoms with Gasteiger partial charge in [0.15, 0.2) is 0 Å². The smallest absolute Gasteiger partial charge is 0.246 e. The van der Waals surface area contributed by atoms with E-state index in [1.54, 1.807) is 17.4 Å². The number of carbonyl (C=O) groups is 1. The van der Waals surface area contributed by atoms with Crippen LogP contribution < -0.4 is 5.32 Å². The number of nitrogens with zero attached hydrogens (tertiary/aromatic N) is 1. The molecule has 2 aliphatic heterocycles. The van der Waals surface area contributed by atoms with Crippen LogP contribution in [0.4, 0.5) is 0 Å². The van der Waals surface area contributed by atoms with Crippen LogP contribution in [0, 0.1) is 5.41 Å². The minimum Gasteiger partial charge on any atom is -0.338 e. The number of halogens is 1. The number of hydrogen-bond acceptors (Lipinski definition) is 3. The zero-order chi connectivity index (χ0) is 12.4. The molecule has 0 aromatic carbocycles. The monoisotopic (exact) mass is 298 g/mol. The van der Waals surface area contributed by atoms with Crippen LogP contribution in [0.5, 0.6) is 0 Å².